The minimum absolute atomic E-state index is 0.186. The molecule has 1 aromatic rings. The van der Waals surface area contributed by atoms with Gasteiger partial charge >= 0.3 is 0 Å². The molecule has 1 heterocycles. The van der Waals surface area contributed by atoms with Crippen LogP contribution in [-0.2, 0) is 7.05 Å². The highest BCUT2D eigenvalue weighted by Crippen LogP contribution is 2.17. The Balaban J connectivity index is 2.64. The van der Waals surface area contributed by atoms with E-state index in [2.05, 4.69) is 21.3 Å². The lowest BCUT2D eigenvalue weighted by molar-refractivity contribution is 0.0943. The molecule has 0 aliphatic carbocycles. The van der Waals surface area contributed by atoms with Gasteiger partial charge in [-0.05, 0) is 33.0 Å². The molecule has 0 spiro atoms. The topological polar surface area (TPSA) is 71.0 Å². The Morgan fingerprint density at radius 2 is 2.06 bits per heavy atom. The summed E-state index contributed by atoms with van der Waals surface area (Å²) in [6, 6.07) is 0.186. The Morgan fingerprint density at radius 1 is 1.44 bits per heavy atom. The first kappa shape index (κ1) is 14.7. The van der Waals surface area contributed by atoms with Crippen LogP contribution in [0.3, 0.4) is 0 Å². The highest BCUT2D eigenvalue weighted by Gasteiger charge is 2.18. The Hall–Kier alpha value is -1.34. The maximum absolute atomic E-state index is 11.9. The van der Waals surface area contributed by atoms with E-state index in [9.17, 15) is 4.79 Å². The summed E-state index contributed by atoms with van der Waals surface area (Å²) in [5.74, 6) is -0.376. The van der Waals surface area contributed by atoms with Crippen molar-refractivity contribution in [3.63, 3.8) is 0 Å². The molecule has 0 aromatic carbocycles. The quantitative estimate of drug-likeness (QED) is 0.557. The third-order valence-corrected chi connectivity index (χ3v) is 2.74. The van der Waals surface area contributed by atoms with Crippen LogP contribution in [0.1, 0.15) is 29.9 Å². The molecule has 0 saturated heterocycles. The maximum Gasteiger partial charge on any atom is 0.274 e. The number of amides is 1. The van der Waals surface area contributed by atoms with Crippen molar-refractivity contribution in [3.05, 3.63) is 16.4 Å². The van der Waals surface area contributed by atoms with Crippen LogP contribution >= 0.6 is 23.8 Å². The molecule has 6 nitrogen and oxygen atoms in total. The van der Waals surface area contributed by atoms with Gasteiger partial charge in [-0.2, -0.15) is 5.10 Å². The predicted octanol–water partition coefficient (Wildman–Crippen LogP) is 0.899. The van der Waals surface area contributed by atoms with E-state index in [-0.39, 0.29) is 17.1 Å². The third kappa shape index (κ3) is 3.58. The molecule has 18 heavy (non-hydrogen) atoms. The Kier molecular flexibility index (Phi) is 4.92. The fraction of sp³-hybridized carbons (Fsp3) is 0.500. The number of nitrogens with zero attached hydrogens (tertiary/aromatic N) is 2. The van der Waals surface area contributed by atoms with Crippen LogP contribution in [-0.4, -0.2) is 26.8 Å². The number of carbonyl (C=O) groups excluding carboxylic acids is 1. The molecule has 0 aliphatic rings. The second-order valence-electron chi connectivity index (χ2n) is 4.08. The van der Waals surface area contributed by atoms with Crippen molar-refractivity contribution in [2.24, 2.45) is 7.05 Å². The molecule has 1 amide bonds. The van der Waals surface area contributed by atoms with Crippen molar-refractivity contribution >= 4 is 34.8 Å². The number of nitrogens with one attached hydrogen (secondary N) is 3. The molecule has 8 heteroatoms. The van der Waals surface area contributed by atoms with Crippen molar-refractivity contribution in [1.29, 1.82) is 0 Å². The molecule has 0 bridgehead atoms. The second kappa shape index (κ2) is 6.01. The fourth-order valence-electron chi connectivity index (χ4n) is 1.36. The lowest BCUT2D eigenvalue weighted by atomic mass is 10.2. The normalized spacial score (nSPS) is 10.3. The molecular formula is C10H16ClN5OS. The van der Waals surface area contributed by atoms with Crippen LogP contribution in [0.4, 0.5) is 0 Å². The highest BCUT2D eigenvalue weighted by atomic mass is 35.5. The number of carbonyl (C=O) groups is 1. The van der Waals surface area contributed by atoms with Gasteiger partial charge in [0.05, 0.1) is 5.69 Å². The Labute approximate surface area is 116 Å². The van der Waals surface area contributed by atoms with E-state index in [0.717, 1.165) is 0 Å². The van der Waals surface area contributed by atoms with Gasteiger partial charge in [-0.15, -0.1) is 0 Å². The molecule has 0 unspecified atom stereocenters. The molecule has 1 aromatic heterocycles. The van der Waals surface area contributed by atoms with E-state index >= 15 is 0 Å². The van der Waals surface area contributed by atoms with Crippen LogP contribution < -0.4 is 16.2 Å². The summed E-state index contributed by atoms with van der Waals surface area (Å²) < 4.78 is 1.44. The summed E-state index contributed by atoms with van der Waals surface area (Å²) in [6.45, 7) is 5.60. The van der Waals surface area contributed by atoms with Crippen LogP contribution in [0.25, 0.3) is 0 Å². The van der Waals surface area contributed by atoms with Gasteiger partial charge in [0, 0.05) is 13.1 Å². The molecule has 0 aliphatic heterocycles. The minimum Gasteiger partial charge on any atom is -0.359 e. The van der Waals surface area contributed by atoms with Crippen molar-refractivity contribution in [3.8, 4) is 0 Å². The Bertz CT molecular complexity index is 471. The SMILES string of the molecule is Cc1nn(C)c(Cl)c1C(=O)NNC(=S)NC(C)C. The largest absolute Gasteiger partial charge is 0.359 e. The summed E-state index contributed by atoms with van der Waals surface area (Å²) in [5, 5.41) is 7.62. The standard InChI is InChI=1S/C10H16ClN5OS/c1-5(2)12-10(18)14-13-9(17)7-6(3)15-16(4)8(7)11/h5H,1-4H3,(H,13,17)(H2,12,14,18). The van der Waals surface area contributed by atoms with E-state index in [1.54, 1.807) is 14.0 Å². The van der Waals surface area contributed by atoms with Crippen molar-refractivity contribution < 1.29 is 4.79 Å². The number of hydrazine groups is 1. The predicted molar refractivity (Wildman–Crippen MR) is 74.4 cm³/mol. The van der Waals surface area contributed by atoms with E-state index in [1.807, 2.05) is 13.8 Å². The van der Waals surface area contributed by atoms with Gasteiger partial charge in [-0.25, -0.2) is 0 Å². The molecule has 3 N–H and O–H groups in total. The minimum atomic E-state index is -0.376. The zero-order valence-corrected chi connectivity index (χ0v) is 12.2. The zero-order valence-electron chi connectivity index (χ0n) is 10.7. The number of halogens is 1. The number of hydrogen-bond donors (Lipinski definition) is 3. The van der Waals surface area contributed by atoms with E-state index in [0.29, 0.717) is 16.4 Å². The number of aromatic nitrogens is 2. The average molecular weight is 290 g/mol. The molecule has 100 valence electrons. The fourth-order valence-corrected chi connectivity index (χ4v) is 1.91. The van der Waals surface area contributed by atoms with Gasteiger partial charge in [-0.3, -0.25) is 20.3 Å². The molecule has 0 radical (unpaired) electrons. The van der Waals surface area contributed by atoms with E-state index in [4.69, 9.17) is 23.8 Å². The second-order valence-corrected chi connectivity index (χ2v) is 4.85. The van der Waals surface area contributed by atoms with Crippen LogP contribution in [0, 0.1) is 6.92 Å². The van der Waals surface area contributed by atoms with Gasteiger partial charge < -0.3 is 5.32 Å². The number of thiocarbonyl (C=S) groups is 1. The molecule has 0 fully saturated rings. The Morgan fingerprint density at radius 3 is 2.50 bits per heavy atom. The maximum atomic E-state index is 11.9. The number of aryl methyl sites for hydroxylation is 2. The summed E-state index contributed by atoms with van der Waals surface area (Å²) in [6.07, 6.45) is 0. The van der Waals surface area contributed by atoms with Crippen LogP contribution in [0.15, 0.2) is 0 Å². The van der Waals surface area contributed by atoms with Crippen molar-refractivity contribution in [2.45, 2.75) is 26.8 Å². The van der Waals surface area contributed by atoms with Gasteiger partial charge in [-0.1, -0.05) is 11.6 Å². The van der Waals surface area contributed by atoms with Gasteiger partial charge in [0.15, 0.2) is 5.11 Å². The summed E-state index contributed by atoms with van der Waals surface area (Å²) in [7, 11) is 1.67. The summed E-state index contributed by atoms with van der Waals surface area (Å²) >= 11 is 11.0. The van der Waals surface area contributed by atoms with Gasteiger partial charge in [0.1, 0.15) is 10.7 Å². The van der Waals surface area contributed by atoms with E-state index in [1.165, 1.54) is 4.68 Å². The number of hydrogen-bond acceptors (Lipinski definition) is 3. The van der Waals surface area contributed by atoms with Crippen molar-refractivity contribution in [1.82, 2.24) is 25.9 Å². The van der Waals surface area contributed by atoms with Gasteiger partial charge in [0.2, 0.25) is 0 Å². The third-order valence-electron chi connectivity index (χ3n) is 2.09. The molecule has 0 saturated carbocycles. The molecule has 1 rings (SSSR count). The summed E-state index contributed by atoms with van der Waals surface area (Å²) in [5.41, 5.74) is 5.96. The van der Waals surface area contributed by atoms with Crippen LogP contribution in [0.2, 0.25) is 5.15 Å². The highest BCUT2D eigenvalue weighted by molar-refractivity contribution is 7.80. The first-order valence-electron chi connectivity index (χ1n) is 5.39. The van der Waals surface area contributed by atoms with Crippen LogP contribution in [0.5, 0.6) is 0 Å². The lowest BCUT2D eigenvalue weighted by Crippen LogP contribution is -2.48. The average Bonchev–Trinajstić information content (AvgIpc) is 2.49. The van der Waals surface area contributed by atoms with Gasteiger partial charge in [0.25, 0.3) is 5.91 Å². The number of rotatable bonds is 2. The van der Waals surface area contributed by atoms with Crippen molar-refractivity contribution in [2.75, 3.05) is 0 Å². The lowest BCUT2D eigenvalue weighted by Gasteiger charge is -2.13. The first-order chi connectivity index (χ1) is 8.32. The molecule has 0 atom stereocenters. The molecular weight excluding hydrogens is 274 g/mol. The first-order valence-corrected chi connectivity index (χ1v) is 6.17. The van der Waals surface area contributed by atoms with E-state index < -0.39 is 0 Å². The monoisotopic (exact) mass is 289 g/mol. The zero-order chi connectivity index (χ0) is 13.9. The summed E-state index contributed by atoms with van der Waals surface area (Å²) in [4.78, 5) is 11.9. The smallest absolute Gasteiger partial charge is 0.274 e.